The number of aromatic nitrogens is 6. The van der Waals surface area contributed by atoms with Crippen molar-refractivity contribution in [3.05, 3.63) is 24.3 Å². The normalized spacial score (nSPS) is 23.5. The summed E-state index contributed by atoms with van der Waals surface area (Å²) in [6, 6.07) is 1.38. The SMILES string of the molecule is c1ncn(Cc2nnc(C3CCN(C4CCNCC4)CC3)n2C2CC2)n1. The first-order valence-corrected chi connectivity index (χ1v) is 10.1. The Bertz CT molecular complexity index is 706. The van der Waals surface area contributed by atoms with Gasteiger partial charge in [0, 0.05) is 18.0 Å². The maximum absolute atomic E-state index is 4.64. The number of piperidine rings is 2. The molecular weight excluding hydrogens is 328 g/mol. The molecule has 140 valence electrons. The second-order valence-corrected chi connectivity index (χ2v) is 7.96. The van der Waals surface area contributed by atoms with E-state index in [2.05, 4.69) is 35.1 Å². The monoisotopic (exact) mass is 356 g/mol. The first kappa shape index (κ1) is 16.4. The lowest BCUT2D eigenvalue weighted by Gasteiger charge is -2.39. The lowest BCUT2D eigenvalue weighted by molar-refractivity contribution is 0.124. The van der Waals surface area contributed by atoms with E-state index in [1.807, 2.05) is 4.68 Å². The van der Waals surface area contributed by atoms with Gasteiger partial charge in [-0.25, -0.2) is 9.67 Å². The Labute approximate surface area is 154 Å². The van der Waals surface area contributed by atoms with E-state index in [4.69, 9.17) is 0 Å². The largest absolute Gasteiger partial charge is 0.317 e. The fourth-order valence-corrected chi connectivity index (χ4v) is 4.61. The van der Waals surface area contributed by atoms with Gasteiger partial charge in [0.25, 0.3) is 0 Å². The predicted molar refractivity (Wildman–Crippen MR) is 96.9 cm³/mol. The van der Waals surface area contributed by atoms with Crippen molar-refractivity contribution in [2.45, 2.75) is 63.1 Å². The fraction of sp³-hybridized carbons (Fsp3) is 0.778. The molecule has 4 heterocycles. The zero-order valence-electron chi connectivity index (χ0n) is 15.3. The number of likely N-dealkylation sites (tertiary alicyclic amines) is 1. The molecule has 26 heavy (non-hydrogen) atoms. The molecule has 0 radical (unpaired) electrons. The van der Waals surface area contributed by atoms with Crippen LogP contribution in [0.15, 0.2) is 12.7 Å². The highest BCUT2D eigenvalue weighted by atomic mass is 15.4. The van der Waals surface area contributed by atoms with E-state index in [1.165, 1.54) is 70.5 Å². The molecule has 0 atom stereocenters. The van der Waals surface area contributed by atoms with Gasteiger partial charge in [0.1, 0.15) is 25.0 Å². The highest BCUT2D eigenvalue weighted by molar-refractivity contribution is 5.09. The number of hydrogen-bond donors (Lipinski definition) is 1. The van der Waals surface area contributed by atoms with E-state index in [1.54, 1.807) is 12.7 Å². The molecule has 3 fully saturated rings. The van der Waals surface area contributed by atoms with E-state index >= 15 is 0 Å². The molecule has 2 aliphatic heterocycles. The zero-order valence-corrected chi connectivity index (χ0v) is 15.3. The number of rotatable bonds is 5. The summed E-state index contributed by atoms with van der Waals surface area (Å²) < 4.78 is 4.26. The Kier molecular flexibility index (Phi) is 4.46. The molecule has 2 saturated heterocycles. The van der Waals surface area contributed by atoms with Crippen molar-refractivity contribution < 1.29 is 0 Å². The molecule has 2 aromatic rings. The van der Waals surface area contributed by atoms with Gasteiger partial charge in [-0.3, -0.25) is 0 Å². The molecule has 8 heteroatoms. The van der Waals surface area contributed by atoms with Gasteiger partial charge < -0.3 is 14.8 Å². The van der Waals surface area contributed by atoms with Crippen LogP contribution in [-0.4, -0.2) is 66.6 Å². The average Bonchev–Trinajstić information content (AvgIpc) is 3.24. The first-order valence-electron chi connectivity index (χ1n) is 10.1. The second kappa shape index (κ2) is 7.08. The van der Waals surface area contributed by atoms with Crippen molar-refractivity contribution in [2.75, 3.05) is 26.2 Å². The van der Waals surface area contributed by atoms with E-state index < -0.39 is 0 Å². The van der Waals surface area contributed by atoms with Gasteiger partial charge in [0.15, 0.2) is 5.82 Å². The van der Waals surface area contributed by atoms with Crippen LogP contribution in [0.25, 0.3) is 0 Å². The van der Waals surface area contributed by atoms with Crippen molar-refractivity contribution in [1.82, 2.24) is 39.7 Å². The molecule has 1 N–H and O–H groups in total. The topological polar surface area (TPSA) is 76.7 Å². The van der Waals surface area contributed by atoms with E-state index in [9.17, 15) is 0 Å². The summed E-state index contributed by atoms with van der Waals surface area (Å²) in [5.41, 5.74) is 0. The van der Waals surface area contributed by atoms with Crippen LogP contribution in [0.5, 0.6) is 0 Å². The molecule has 0 amide bonds. The van der Waals surface area contributed by atoms with Crippen molar-refractivity contribution in [3.63, 3.8) is 0 Å². The van der Waals surface area contributed by atoms with Gasteiger partial charge in [-0.05, 0) is 64.7 Å². The Morgan fingerprint density at radius 2 is 1.77 bits per heavy atom. The van der Waals surface area contributed by atoms with Crippen LogP contribution < -0.4 is 5.32 Å². The minimum Gasteiger partial charge on any atom is -0.317 e. The third kappa shape index (κ3) is 3.27. The van der Waals surface area contributed by atoms with Crippen LogP contribution in [0.4, 0.5) is 0 Å². The maximum Gasteiger partial charge on any atom is 0.155 e. The van der Waals surface area contributed by atoms with Crippen molar-refractivity contribution >= 4 is 0 Å². The molecular formula is C18H28N8. The van der Waals surface area contributed by atoms with Crippen LogP contribution in [0.2, 0.25) is 0 Å². The maximum atomic E-state index is 4.64. The predicted octanol–water partition coefficient (Wildman–Crippen LogP) is 1.18. The van der Waals surface area contributed by atoms with Crippen LogP contribution in [0.1, 0.15) is 62.1 Å². The first-order chi connectivity index (χ1) is 12.9. The van der Waals surface area contributed by atoms with Gasteiger partial charge in [0.05, 0.1) is 0 Å². The Morgan fingerprint density at radius 3 is 2.46 bits per heavy atom. The van der Waals surface area contributed by atoms with Gasteiger partial charge in [0.2, 0.25) is 0 Å². The molecule has 0 spiro atoms. The standard InChI is InChI=1S/C18H28N8/c1-2-16(1)26-17(11-25-13-20-12-21-25)22-23-18(26)14-5-9-24(10-6-14)15-3-7-19-8-4-15/h12-16,19H,1-11H2. The summed E-state index contributed by atoms with van der Waals surface area (Å²) in [5.74, 6) is 2.80. The third-order valence-electron chi connectivity index (χ3n) is 6.19. The van der Waals surface area contributed by atoms with E-state index in [-0.39, 0.29) is 0 Å². The van der Waals surface area contributed by atoms with Crippen molar-refractivity contribution in [3.8, 4) is 0 Å². The molecule has 5 rings (SSSR count). The fourth-order valence-electron chi connectivity index (χ4n) is 4.61. The van der Waals surface area contributed by atoms with E-state index in [0.717, 1.165) is 11.9 Å². The molecule has 1 saturated carbocycles. The summed E-state index contributed by atoms with van der Waals surface area (Å²) in [7, 11) is 0. The van der Waals surface area contributed by atoms with Crippen LogP contribution in [-0.2, 0) is 6.54 Å². The van der Waals surface area contributed by atoms with E-state index in [0.29, 0.717) is 18.5 Å². The summed E-state index contributed by atoms with van der Waals surface area (Å²) in [4.78, 5) is 6.76. The average molecular weight is 356 g/mol. The highest BCUT2D eigenvalue weighted by Gasteiger charge is 2.34. The molecule has 8 nitrogen and oxygen atoms in total. The zero-order chi connectivity index (χ0) is 17.3. The Morgan fingerprint density at radius 1 is 0.962 bits per heavy atom. The van der Waals surface area contributed by atoms with Crippen LogP contribution >= 0.6 is 0 Å². The number of hydrogen-bond acceptors (Lipinski definition) is 6. The molecule has 2 aromatic heterocycles. The quantitative estimate of drug-likeness (QED) is 0.867. The third-order valence-corrected chi connectivity index (χ3v) is 6.19. The molecule has 0 unspecified atom stereocenters. The van der Waals surface area contributed by atoms with Gasteiger partial charge in [-0.1, -0.05) is 0 Å². The minimum absolute atomic E-state index is 0.547. The Hall–Kier alpha value is -1.80. The minimum atomic E-state index is 0.547. The van der Waals surface area contributed by atoms with Gasteiger partial charge in [-0.15, -0.1) is 10.2 Å². The Balaban J connectivity index is 1.29. The molecule has 0 bridgehead atoms. The number of nitrogens with zero attached hydrogens (tertiary/aromatic N) is 7. The van der Waals surface area contributed by atoms with Gasteiger partial charge in [-0.2, -0.15) is 5.10 Å². The van der Waals surface area contributed by atoms with Crippen LogP contribution in [0.3, 0.4) is 0 Å². The van der Waals surface area contributed by atoms with Crippen LogP contribution in [0, 0.1) is 0 Å². The molecule has 3 aliphatic rings. The smallest absolute Gasteiger partial charge is 0.155 e. The highest BCUT2D eigenvalue weighted by Crippen LogP contribution is 2.40. The lowest BCUT2D eigenvalue weighted by Crippen LogP contribution is -2.46. The molecule has 1 aliphatic carbocycles. The second-order valence-electron chi connectivity index (χ2n) is 7.96. The number of nitrogens with one attached hydrogen (secondary N) is 1. The summed E-state index contributed by atoms with van der Waals surface area (Å²) in [6.45, 7) is 5.41. The van der Waals surface area contributed by atoms with Crippen molar-refractivity contribution in [2.24, 2.45) is 0 Å². The summed E-state index contributed by atoms with van der Waals surface area (Å²) >= 11 is 0. The van der Waals surface area contributed by atoms with Crippen molar-refractivity contribution in [1.29, 1.82) is 0 Å². The van der Waals surface area contributed by atoms with Gasteiger partial charge >= 0.3 is 0 Å². The molecule has 0 aromatic carbocycles. The lowest BCUT2D eigenvalue weighted by atomic mass is 9.93. The summed E-state index contributed by atoms with van der Waals surface area (Å²) in [6.07, 6.45) is 10.8. The summed E-state index contributed by atoms with van der Waals surface area (Å²) in [5, 5.41) is 16.9.